The monoisotopic (exact) mass is 434 g/mol. The van der Waals surface area contributed by atoms with Crippen LogP contribution in [0.4, 0.5) is 5.82 Å². The fourth-order valence-corrected chi connectivity index (χ4v) is 4.86. The first-order valence-corrected chi connectivity index (χ1v) is 11.4. The Morgan fingerprint density at radius 2 is 2.13 bits per heavy atom. The van der Waals surface area contributed by atoms with E-state index in [0.29, 0.717) is 5.02 Å². The summed E-state index contributed by atoms with van der Waals surface area (Å²) in [6.45, 7) is 5.69. The summed E-state index contributed by atoms with van der Waals surface area (Å²) in [7, 11) is 1.65. The molecule has 2 aliphatic carbocycles. The Morgan fingerprint density at radius 1 is 1.29 bits per heavy atom. The standard InChI is InChI=1S/C25H27ClN4O/c1-4-5-13-29(15-17-9-10-17)25-20-7-6-8-22(20)27-24-23(16(2)28-30(24)25)19-12-11-18(31-3)14-21(19)26/h11-12,14,17H,6-10,13,15H2,1-3H3. The van der Waals surface area contributed by atoms with Crippen LogP contribution in [0.1, 0.15) is 43.1 Å². The van der Waals surface area contributed by atoms with Crippen molar-refractivity contribution in [3.8, 4) is 28.7 Å². The molecular weight excluding hydrogens is 408 g/mol. The molecule has 0 N–H and O–H groups in total. The normalized spacial score (nSPS) is 15.0. The molecule has 6 heteroatoms. The summed E-state index contributed by atoms with van der Waals surface area (Å²) in [4.78, 5) is 7.53. The third-order valence-corrected chi connectivity index (χ3v) is 6.62. The van der Waals surface area contributed by atoms with Crippen molar-refractivity contribution >= 4 is 23.1 Å². The van der Waals surface area contributed by atoms with Crippen LogP contribution < -0.4 is 9.64 Å². The van der Waals surface area contributed by atoms with Gasteiger partial charge in [-0.05, 0) is 70.1 Å². The molecular formula is C25H27ClN4O. The van der Waals surface area contributed by atoms with E-state index in [1.165, 1.54) is 29.9 Å². The maximum atomic E-state index is 6.66. The predicted octanol–water partition coefficient (Wildman–Crippen LogP) is 5.10. The van der Waals surface area contributed by atoms with Crippen molar-refractivity contribution in [3.05, 3.63) is 40.2 Å². The number of ether oxygens (including phenoxy) is 1. The summed E-state index contributed by atoms with van der Waals surface area (Å²) in [6.07, 6.45) is 5.80. The van der Waals surface area contributed by atoms with E-state index in [-0.39, 0.29) is 0 Å². The van der Waals surface area contributed by atoms with Crippen LogP contribution in [-0.2, 0) is 12.8 Å². The number of fused-ring (bicyclic) bond motifs is 2. The highest BCUT2D eigenvalue weighted by atomic mass is 35.5. The number of methoxy groups -OCH3 is 1. The van der Waals surface area contributed by atoms with Crippen molar-refractivity contribution in [2.75, 3.05) is 25.1 Å². The Balaban J connectivity index is 1.73. The smallest absolute Gasteiger partial charge is 0.165 e. The van der Waals surface area contributed by atoms with Crippen molar-refractivity contribution < 1.29 is 4.74 Å². The zero-order chi connectivity index (χ0) is 21.5. The molecule has 0 amide bonds. The Labute approximate surface area is 188 Å². The Morgan fingerprint density at radius 3 is 2.84 bits per heavy atom. The average Bonchev–Trinajstić information content (AvgIpc) is 3.36. The van der Waals surface area contributed by atoms with Crippen molar-refractivity contribution in [1.82, 2.24) is 14.6 Å². The van der Waals surface area contributed by atoms with Gasteiger partial charge in [-0.2, -0.15) is 9.61 Å². The molecule has 0 unspecified atom stereocenters. The van der Waals surface area contributed by atoms with Crippen LogP contribution in [0.2, 0.25) is 5.02 Å². The number of nitrogens with zero attached hydrogens (tertiary/aromatic N) is 4. The average molecular weight is 435 g/mol. The van der Waals surface area contributed by atoms with Gasteiger partial charge in [0.05, 0.1) is 29.9 Å². The van der Waals surface area contributed by atoms with Crippen molar-refractivity contribution in [2.45, 2.75) is 46.0 Å². The molecule has 2 aliphatic rings. The lowest BCUT2D eigenvalue weighted by molar-refractivity contribution is 0.415. The number of benzene rings is 1. The second-order valence-corrected chi connectivity index (χ2v) is 8.91. The van der Waals surface area contributed by atoms with Gasteiger partial charge in [0.25, 0.3) is 0 Å². The third kappa shape index (κ3) is 3.64. The highest BCUT2D eigenvalue weighted by molar-refractivity contribution is 6.33. The van der Waals surface area contributed by atoms with Crippen molar-refractivity contribution in [1.29, 1.82) is 0 Å². The van der Waals surface area contributed by atoms with Gasteiger partial charge in [-0.1, -0.05) is 17.5 Å². The minimum Gasteiger partial charge on any atom is -0.497 e. The molecule has 0 atom stereocenters. The Hall–Kier alpha value is -2.71. The highest BCUT2D eigenvalue weighted by Crippen LogP contribution is 2.40. The first-order valence-electron chi connectivity index (χ1n) is 11.0. The number of aromatic nitrogens is 3. The molecule has 0 saturated heterocycles. The number of rotatable bonds is 6. The minimum atomic E-state index is 0.646. The van der Waals surface area contributed by atoms with Gasteiger partial charge < -0.3 is 9.64 Å². The Kier molecular flexibility index (Phi) is 5.27. The van der Waals surface area contributed by atoms with Gasteiger partial charge in [0.15, 0.2) is 5.65 Å². The lowest BCUT2D eigenvalue weighted by Gasteiger charge is -2.25. The zero-order valence-corrected chi connectivity index (χ0v) is 19.1. The summed E-state index contributed by atoms with van der Waals surface area (Å²) in [5.41, 5.74) is 6.27. The molecule has 1 aromatic carbocycles. The molecule has 2 aromatic heterocycles. The maximum Gasteiger partial charge on any atom is 0.165 e. The van der Waals surface area contributed by atoms with Crippen molar-refractivity contribution in [3.63, 3.8) is 0 Å². The lowest BCUT2D eigenvalue weighted by Crippen LogP contribution is -2.30. The topological polar surface area (TPSA) is 42.7 Å². The molecule has 5 rings (SSSR count). The number of anilines is 1. The number of hydrogen-bond donors (Lipinski definition) is 0. The molecule has 0 bridgehead atoms. The molecule has 1 saturated carbocycles. The van der Waals surface area contributed by atoms with Gasteiger partial charge in [-0.3, -0.25) is 0 Å². The minimum absolute atomic E-state index is 0.646. The predicted molar refractivity (Wildman–Crippen MR) is 125 cm³/mol. The van der Waals surface area contributed by atoms with E-state index in [4.69, 9.17) is 26.4 Å². The first kappa shape index (κ1) is 20.2. The van der Waals surface area contributed by atoms with E-state index >= 15 is 0 Å². The van der Waals surface area contributed by atoms with Gasteiger partial charge in [0.1, 0.15) is 11.6 Å². The molecule has 0 radical (unpaired) electrons. The van der Waals surface area contributed by atoms with Crippen LogP contribution >= 0.6 is 11.6 Å². The second-order valence-electron chi connectivity index (χ2n) is 8.51. The molecule has 0 aliphatic heterocycles. The zero-order valence-electron chi connectivity index (χ0n) is 18.3. The maximum absolute atomic E-state index is 6.66. The van der Waals surface area contributed by atoms with Crippen LogP contribution in [0.15, 0.2) is 18.2 Å². The second kappa shape index (κ2) is 8.09. The third-order valence-electron chi connectivity index (χ3n) is 6.30. The van der Waals surface area contributed by atoms with Crippen LogP contribution in [0.5, 0.6) is 5.75 Å². The molecule has 1 fully saturated rings. The summed E-state index contributed by atoms with van der Waals surface area (Å²) in [6, 6.07) is 5.79. The lowest BCUT2D eigenvalue weighted by atomic mass is 10.1. The molecule has 2 heterocycles. The van der Waals surface area contributed by atoms with Gasteiger partial charge in [0.2, 0.25) is 0 Å². The van der Waals surface area contributed by atoms with E-state index in [1.54, 1.807) is 7.11 Å². The van der Waals surface area contributed by atoms with Crippen LogP contribution in [0, 0.1) is 24.7 Å². The largest absolute Gasteiger partial charge is 0.497 e. The molecule has 3 aromatic rings. The molecule has 31 heavy (non-hydrogen) atoms. The first-order chi connectivity index (χ1) is 15.1. The van der Waals surface area contributed by atoms with E-state index in [0.717, 1.165) is 66.5 Å². The van der Waals surface area contributed by atoms with Gasteiger partial charge in [-0.15, -0.1) is 5.92 Å². The molecule has 5 nitrogen and oxygen atoms in total. The van der Waals surface area contributed by atoms with Gasteiger partial charge >= 0.3 is 0 Å². The summed E-state index contributed by atoms with van der Waals surface area (Å²) in [5, 5.41) is 5.63. The molecule has 160 valence electrons. The highest BCUT2D eigenvalue weighted by Gasteiger charge is 2.31. The van der Waals surface area contributed by atoms with E-state index < -0.39 is 0 Å². The fourth-order valence-electron chi connectivity index (χ4n) is 4.59. The summed E-state index contributed by atoms with van der Waals surface area (Å²) in [5.74, 6) is 9.03. The van der Waals surface area contributed by atoms with Crippen LogP contribution in [-0.4, -0.2) is 34.8 Å². The van der Waals surface area contributed by atoms with Crippen LogP contribution in [0.25, 0.3) is 16.8 Å². The van der Waals surface area contributed by atoms with Crippen molar-refractivity contribution in [2.24, 2.45) is 5.92 Å². The summed E-state index contributed by atoms with van der Waals surface area (Å²) < 4.78 is 7.39. The number of hydrogen-bond acceptors (Lipinski definition) is 4. The SMILES string of the molecule is CC#CCN(CC1CC1)c1c2c(nc3c(-c4ccc(OC)cc4Cl)c(C)nn13)CCC2. The van der Waals surface area contributed by atoms with E-state index in [1.807, 2.05) is 32.0 Å². The number of aryl methyl sites for hydroxylation is 2. The van der Waals surface area contributed by atoms with Gasteiger partial charge in [-0.25, -0.2) is 4.98 Å². The fraction of sp³-hybridized carbons (Fsp3) is 0.440. The Bertz CT molecular complexity index is 1220. The number of halogens is 1. The van der Waals surface area contributed by atoms with E-state index in [9.17, 15) is 0 Å². The molecule has 0 spiro atoms. The van der Waals surface area contributed by atoms with Crippen LogP contribution in [0.3, 0.4) is 0 Å². The van der Waals surface area contributed by atoms with E-state index in [2.05, 4.69) is 21.3 Å². The quantitative estimate of drug-likeness (QED) is 0.506. The van der Waals surface area contributed by atoms with Gasteiger partial charge in [0, 0.05) is 23.4 Å². The summed E-state index contributed by atoms with van der Waals surface area (Å²) >= 11 is 6.66.